The van der Waals surface area contributed by atoms with Crippen LogP contribution in [0.25, 0.3) is 21.0 Å². The molecule has 0 amide bonds. The van der Waals surface area contributed by atoms with Gasteiger partial charge in [-0.15, -0.1) is 11.3 Å². The number of β-amino-alcohol motifs (C(OH)–C–C–N with tert-alkyl or cyclic N) is 1. The zero-order chi connectivity index (χ0) is 25.8. The first-order valence-electron chi connectivity index (χ1n) is 12.5. The molecule has 1 aliphatic heterocycles. The van der Waals surface area contributed by atoms with Gasteiger partial charge in [0, 0.05) is 50.7 Å². The molecule has 1 aliphatic rings. The molecule has 1 atom stereocenters. The van der Waals surface area contributed by atoms with Crippen LogP contribution < -0.4 is 9.46 Å². The van der Waals surface area contributed by atoms with E-state index >= 15 is 0 Å². The lowest BCUT2D eigenvalue weighted by molar-refractivity contribution is 0.0472. The van der Waals surface area contributed by atoms with Crippen LogP contribution in [0.4, 0.5) is 5.69 Å². The number of rotatable bonds is 10. The lowest BCUT2D eigenvalue weighted by atomic mass is 10.1. The van der Waals surface area contributed by atoms with E-state index in [0.717, 1.165) is 52.2 Å². The van der Waals surface area contributed by atoms with E-state index in [1.807, 2.05) is 61.5 Å². The summed E-state index contributed by atoms with van der Waals surface area (Å²) in [6.45, 7) is 6.26. The molecule has 1 aromatic heterocycles. The summed E-state index contributed by atoms with van der Waals surface area (Å²) in [5.74, 6) is 0.746. The second kappa shape index (κ2) is 11.3. The molecule has 0 saturated carbocycles. The average Bonchev–Trinajstić information content (AvgIpc) is 3.26. The quantitative estimate of drug-likeness (QED) is 0.318. The Morgan fingerprint density at radius 1 is 1.05 bits per heavy atom. The number of fused-ring (bicyclic) bond motifs is 2. The van der Waals surface area contributed by atoms with Crippen LogP contribution in [-0.4, -0.2) is 86.0 Å². The number of benzene rings is 3. The minimum Gasteiger partial charge on any atom is -0.491 e. The summed E-state index contributed by atoms with van der Waals surface area (Å²) in [4.78, 5) is 8.84. The first-order chi connectivity index (χ1) is 17.8. The second-order valence-corrected chi connectivity index (χ2v) is 12.5. The summed E-state index contributed by atoms with van der Waals surface area (Å²) in [6.07, 6.45) is -0.607. The molecule has 1 unspecified atom stereocenters. The number of piperazine rings is 1. The van der Waals surface area contributed by atoms with Crippen LogP contribution in [0.2, 0.25) is 0 Å². The van der Waals surface area contributed by atoms with E-state index in [-0.39, 0.29) is 12.4 Å². The number of ether oxygens (including phenoxy) is 1. The van der Waals surface area contributed by atoms with Crippen LogP contribution in [0.5, 0.6) is 5.75 Å². The number of thiazole rings is 1. The highest BCUT2D eigenvalue weighted by Gasteiger charge is 2.21. The van der Waals surface area contributed by atoms with Crippen molar-refractivity contribution in [1.29, 1.82) is 0 Å². The van der Waals surface area contributed by atoms with E-state index in [1.165, 1.54) is 0 Å². The number of sulfonamides is 1. The summed E-state index contributed by atoms with van der Waals surface area (Å²) >= 11 is 1.65. The highest BCUT2D eigenvalue weighted by molar-refractivity contribution is 7.92. The van der Waals surface area contributed by atoms with E-state index < -0.39 is 16.1 Å². The first-order valence-corrected chi connectivity index (χ1v) is 14.9. The Hall–Kier alpha value is -2.76. The lowest BCUT2D eigenvalue weighted by Crippen LogP contribution is -2.50. The molecule has 2 heterocycles. The molecular weight excluding hydrogens is 508 g/mol. The number of hydrogen-bond donors (Lipinski definition) is 2. The standard InChI is InChI=1S/C27H32N4O4S2/c1-20-28-26-17-23(9-10-27(26)36-20)35-19-22(32)18-31-13-11-30(12-14-31)15-16-37(33,34)29-25-8-4-6-21-5-2-3-7-24(21)25/h2-10,17,22,29,32H,11-16,18-19H2,1H3. The number of anilines is 1. The number of aromatic nitrogens is 1. The van der Waals surface area contributed by atoms with Crippen molar-refractivity contribution < 1.29 is 18.3 Å². The molecule has 3 aromatic carbocycles. The molecule has 0 bridgehead atoms. The van der Waals surface area contributed by atoms with Crippen molar-refractivity contribution >= 4 is 48.0 Å². The molecule has 4 aromatic rings. The van der Waals surface area contributed by atoms with E-state index in [0.29, 0.717) is 24.5 Å². The smallest absolute Gasteiger partial charge is 0.234 e. The molecule has 196 valence electrons. The summed E-state index contributed by atoms with van der Waals surface area (Å²) in [7, 11) is -3.47. The van der Waals surface area contributed by atoms with Gasteiger partial charge in [0.1, 0.15) is 18.5 Å². The molecule has 37 heavy (non-hydrogen) atoms. The van der Waals surface area contributed by atoms with Crippen LogP contribution >= 0.6 is 11.3 Å². The second-order valence-electron chi connectivity index (χ2n) is 9.42. The van der Waals surface area contributed by atoms with Crippen molar-refractivity contribution in [2.45, 2.75) is 13.0 Å². The Labute approximate surface area is 221 Å². The van der Waals surface area contributed by atoms with E-state index in [4.69, 9.17) is 4.74 Å². The Bertz CT molecular complexity index is 1460. The zero-order valence-electron chi connectivity index (χ0n) is 20.8. The van der Waals surface area contributed by atoms with Gasteiger partial charge in [0.15, 0.2) is 0 Å². The molecule has 10 heteroatoms. The van der Waals surface area contributed by atoms with Gasteiger partial charge in [-0.25, -0.2) is 13.4 Å². The number of hydrogen-bond acceptors (Lipinski definition) is 8. The third-order valence-corrected chi connectivity index (χ3v) is 8.78. The van der Waals surface area contributed by atoms with Crippen molar-refractivity contribution in [3.8, 4) is 5.75 Å². The highest BCUT2D eigenvalue weighted by atomic mass is 32.2. The first kappa shape index (κ1) is 25.9. The molecule has 1 fully saturated rings. The normalized spacial score (nSPS) is 16.3. The van der Waals surface area contributed by atoms with Gasteiger partial charge in [-0.1, -0.05) is 36.4 Å². The van der Waals surface area contributed by atoms with Gasteiger partial charge in [0.2, 0.25) is 10.0 Å². The topological polar surface area (TPSA) is 95.0 Å². The van der Waals surface area contributed by atoms with Crippen molar-refractivity contribution in [3.05, 3.63) is 65.7 Å². The summed E-state index contributed by atoms with van der Waals surface area (Å²) < 4.78 is 35.2. The van der Waals surface area contributed by atoms with Gasteiger partial charge in [-0.2, -0.15) is 0 Å². The summed E-state index contributed by atoms with van der Waals surface area (Å²) in [5.41, 5.74) is 1.53. The highest BCUT2D eigenvalue weighted by Crippen LogP contribution is 2.26. The Morgan fingerprint density at radius 3 is 2.65 bits per heavy atom. The molecule has 0 radical (unpaired) electrons. The van der Waals surface area contributed by atoms with Crippen LogP contribution in [-0.2, 0) is 10.0 Å². The van der Waals surface area contributed by atoms with Crippen molar-refractivity contribution in [2.75, 3.05) is 56.4 Å². The Balaban J connectivity index is 1.04. The molecule has 1 saturated heterocycles. The molecule has 2 N–H and O–H groups in total. The molecule has 8 nitrogen and oxygen atoms in total. The number of aliphatic hydroxyl groups is 1. The predicted molar refractivity (Wildman–Crippen MR) is 150 cm³/mol. The average molecular weight is 541 g/mol. The monoisotopic (exact) mass is 540 g/mol. The molecule has 0 aliphatic carbocycles. The zero-order valence-corrected chi connectivity index (χ0v) is 22.5. The van der Waals surface area contributed by atoms with E-state index in [9.17, 15) is 13.5 Å². The lowest BCUT2D eigenvalue weighted by Gasteiger charge is -2.35. The fourth-order valence-corrected chi connectivity index (χ4v) is 6.55. The van der Waals surface area contributed by atoms with E-state index in [1.54, 1.807) is 17.4 Å². The molecular formula is C27H32N4O4S2. The van der Waals surface area contributed by atoms with Crippen molar-refractivity contribution in [2.24, 2.45) is 0 Å². The van der Waals surface area contributed by atoms with Crippen LogP contribution in [0, 0.1) is 6.92 Å². The maximum Gasteiger partial charge on any atom is 0.234 e. The fraction of sp³-hybridized carbons (Fsp3) is 0.370. The number of aliphatic hydroxyl groups excluding tert-OH is 1. The van der Waals surface area contributed by atoms with Gasteiger partial charge in [0.05, 0.1) is 26.7 Å². The van der Waals surface area contributed by atoms with Crippen LogP contribution in [0.15, 0.2) is 60.7 Å². The number of aryl methyl sites for hydroxylation is 1. The van der Waals surface area contributed by atoms with Crippen LogP contribution in [0.1, 0.15) is 5.01 Å². The Morgan fingerprint density at radius 2 is 1.81 bits per heavy atom. The largest absolute Gasteiger partial charge is 0.491 e. The van der Waals surface area contributed by atoms with Gasteiger partial charge in [-0.05, 0) is 30.5 Å². The maximum atomic E-state index is 12.8. The van der Waals surface area contributed by atoms with Gasteiger partial charge < -0.3 is 9.84 Å². The minimum atomic E-state index is -3.47. The third-order valence-electron chi connectivity index (χ3n) is 6.57. The predicted octanol–water partition coefficient (Wildman–Crippen LogP) is 3.56. The van der Waals surface area contributed by atoms with Gasteiger partial charge >= 0.3 is 0 Å². The molecule has 0 spiro atoms. The summed E-state index contributed by atoms with van der Waals surface area (Å²) in [5, 5.41) is 13.4. The number of nitrogens with one attached hydrogen (secondary N) is 1. The SMILES string of the molecule is Cc1nc2cc(OCC(O)CN3CCN(CCS(=O)(=O)Nc4cccc5ccccc45)CC3)ccc2s1. The minimum absolute atomic E-state index is 0.0372. The summed E-state index contributed by atoms with van der Waals surface area (Å²) in [6, 6.07) is 19.2. The van der Waals surface area contributed by atoms with Crippen LogP contribution in [0.3, 0.4) is 0 Å². The maximum absolute atomic E-state index is 12.8. The van der Waals surface area contributed by atoms with Crippen molar-refractivity contribution in [3.63, 3.8) is 0 Å². The fourth-order valence-electron chi connectivity index (χ4n) is 4.63. The van der Waals surface area contributed by atoms with E-state index in [2.05, 4.69) is 19.5 Å². The Kier molecular flexibility index (Phi) is 7.92. The third kappa shape index (κ3) is 6.77. The van der Waals surface area contributed by atoms with Gasteiger partial charge in [-0.3, -0.25) is 14.5 Å². The van der Waals surface area contributed by atoms with Crippen molar-refractivity contribution in [1.82, 2.24) is 14.8 Å². The number of nitrogens with zero attached hydrogens (tertiary/aromatic N) is 3. The van der Waals surface area contributed by atoms with Gasteiger partial charge in [0.25, 0.3) is 0 Å². The molecule has 5 rings (SSSR count).